The predicted octanol–water partition coefficient (Wildman–Crippen LogP) is 4.50. The topological polar surface area (TPSA) is 92.7 Å². The highest BCUT2D eigenvalue weighted by atomic mass is 32.1. The Labute approximate surface area is 179 Å². The average Bonchev–Trinajstić information content (AvgIpc) is 3.41. The third-order valence-electron chi connectivity index (χ3n) is 6.56. The Balaban J connectivity index is 1.70. The van der Waals surface area contributed by atoms with Crippen molar-refractivity contribution in [2.45, 2.75) is 33.1 Å². The number of hydrogen-bond donors (Lipinski definition) is 2. The van der Waals surface area contributed by atoms with Crippen LogP contribution >= 0.6 is 11.3 Å². The fourth-order valence-corrected chi connectivity index (χ4v) is 6.28. The summed E-state index contributed by atoms with van der Waals surface area (Å²) in [4.78, 5) is 38.5. The van der Waals surface area contributed by atoms with E-state index in [1.807, 2.05) is 38.1 Å². The first-order valence-corrected chi connectivity index (χ1v) is 11.0. The lowest BCUT2D eigenvalue weighted by Crippen LogP contribution is -2.37. The van der Waals surface area contributed by atoms with Gasteiger partial charge in [0.2, 0.25) is 5.91 Å². The molecule has 2 N–H and O–H groups in total. The Morgan fingerprint density at radius 3 is 2.30 bits per heavy atom. The van der Waals surface area contributed by atoms with E-state index in [0.717, 1.165) is 40.8 Å². The fourth-order valence-electron chi connectivity index (χ4n) is 5.22. The van der Waals surface area contributed by atoms with E-state index in [2.05, 4.69) is 5.32 Å². The molecule has 30 heavy (non-hydrogen) atoms. The molecule has 4 rings (SSSR count). The first kappa shape index (κ1) is 20.6. The number of anilines is 1. The Bertz CT molecular complexity index is 1010. The molecule has 2 bridgehead atoms. The molecule has 4 unspecified atom stereocenters. The maximum absolute atomic E-state index is 13.2. The fraction of sp³-hybridized carbons (Fsp3) is 0.435. The summed E-state index contributed by atoms with van der Waals surface area (Å²) < 4.78 is 5.01. The number of carboxylic acid groups (broad SMARTS) is 1. The van der Waals surface area contributed by atoms with Crippen LogP contribution in [0.3, 0.4) is 0 Å². The lowest BCUT2D eigenvalue weighted by atomic mass is 9.78. The van der Waals surface area contributed by atoms with Gasteiger partial charge in [0.25, 0.3) is 0 Å². The first-order chi connectivity index (χ1) is 14.3. The number of carbonyl (C=O) groups excluding carboxylic acids is 2. The summed E-state index contributed by atoms with van der Waals surface area (Å²) in [5.41, 5.74) is 3.05. The van der Waals surface area contributed by atoms with Gasteiger partial charge in [0.1, 0.15) is 10.6 Å². The molecule has 0 aliphatic heterocycles. The van der Waals surface area contributed by atoms with Crippen LogP contribution in [-0.4, -0.2) is 30.1 Å². The molecule has 1 heterocycles. The van der Waals surface area contributed by atoms with Crippen molar-refractivity contribution >= 4 is 34.2 Å². The van der Waals surface area contributed by atoms with Crippen LogP contribution in [0.25, 0.3) is 11.1 Å². The summed E-state index contributed by atoms with van der Waals surface area (Å²) in [7, 11) is 1.32. The van der Waals surface area contributed by atoms with Crippen molar-refractivity contribution in [2.24, 2.45) is 23.7 Å². The van der Waals surface area contributed by atoms with Crippen molar-refractivity contribution < 1.29 is 24.2 Å². The van der Waals surface area contributed by atoms with Crippen molar-refractivity contribution in [1.82, 2.24) is 0 Å². The number of amides is 1. The minimum absolute atomic E-state index is 0.0662. The molecule has 1 amide bonds. The predicted molar refractivity (Wildman–Crippen MR) is 115 cm³/mol. The molecule has 2 aromatic rings. The molecule has 0 radical (unpaired) electrons. The van der Waals surface area contributed by atoms with Gasteiger partial charge in [-0.1, -0.05) is 29.8 Å². The van der Waals surface area contributed by atoms with Crippen LogP contribution in [0, 0.1) is 37.5 Å². The van der Waals surface area contributed by atoms with Gasteiger partial charge in [0.05, 0.1) is 18.9 Å². The van der Waals surface area contributed by atoms with Crippen molar-refractivity contribution in [3.63, 3.8) is 0 Å². The van der Waals surface area contributed by atoms with E-state index in [0.29, 0.717) is 10.6 Å². The number of ether oxygens (including phenoxy) is 1. The number of thiophene rings is 1. The standard InChI is InChI=1S/C23H25NO5S/c1-11-4-6-13(7-5-11)16-12(2)30-21(19(16)23(28)29-3)24-20(25)17-14-8-9-15(10-14)18(17)22(26)27/h4-7,14-15,17-18H,8-10H2,1-3H3,(H,24,25)(H,26,27). The molecule has 2 saturated carbocycles. The quantitative estimate of drug-likeness (QED) is 0.685. The minimum Gasteiger partial charge on any atom is -0.481 e. The van der Waals surface area contributed by atoms with E-state index in [-0.39, 0.29) is 17.7 Å². The minimum atomic E-state index is -0.904. The number of aryl methyl sites for hydroxylation is 2. The van der Waals surface area contributed by atoms with Gasteiger partial charge in [0.15, 0.2) is 0 Å². The third kappa shape index (κ3) is 3.41. The van der Waals surface area contributed by atoms with Gasteiger partial charge in [-0.25, -0.2) is 4.79 Å². The van der Waals surface area contributed by atoms with Gasteiger partial charge in [-0.2, -0.15) is 0 Å². The highest BCUT2D eigenvalue weighted by molar-refractivity contribution is 7.17. The second-order valence-corrected chi connectivity index (χ2v) is 9.53. The molecule has 4 atom stereocenters. The number of carbonyl (C=O) groups is 3. The molecule has 158 valence electrons. The number of hydrogen-bond acceptors (Lipinski definition) is 5. The van der Waals surface area contributed by atoms with Crippen LogP contribution < -0.4 is 5.32 Å². The van der Waals surface area contributed by atoms with E-state index in [1.54, 1.807) is 0 Å². The van der Waals surface area contributed by atoms with E-state index in [4.69, 9.17) is 4.74 Å². The molecule has 2 aliphatic carbocycles. The zero-order valence-corrected chi connectivity index (χ0v) is 18.0. The van der Waals surface area contributed by atoms with Gasteiger partial charge in [-0.15, -0.1) is 11.3 Å². The van der Waals surface area contributed by atoms with Crippen LogP contribution in [0.1, 0.15) is 40.1 Å². The monoisotopic (exact) mass is 427 g/mol. The van der Waals surface area contributed by atoms with Crippen LogP contribution in [0.4, 0.5) is 5.00 Å². The SMILES string of the molecule is COC(=O)c1c(NC(=O)C2C3CCC(C3)C2C(=O)O)sc(C)c1-c1ccc(C)cc1. The second kappa shape index (κ2) is 7.87. The number of nitrogens with one attached hydrogen (secondary N) is 1. The highest BCUT2D eigenvalue weighted by Gasteiger charge is 2.54. The molecular weight excluding hydrogens is 402 g/mol. The normalized spacial score (nSPS) is 24.6. The van der Waals surface area contributed by atoms with Crippen molar-refractivity contribution in [3.8, 4) is 11.1 Å². The van der Waals surface area contributed by atoms with Gasteiger partial charge < -0.3 is 15.2 Å². The van der Waals surface area contributed by atoms with E-state index in [1.165, 1.54) is 18.4 Å². The Kier molecular flexibility index (Phi) is 5.40. The Morgan fingerprint density at radius 2 is 1.70 bits per heavy atom. The smallest absolute Gasteiger partial charge is 0.341 e. The van der Waals surface area contributed by atoms with Crippen LogP contribution in [0.2, 0.25) is 0 Å². The number of aliphatic carboxylic acids is 1. The number of carboxylic acids is 1. The molecule has 7 heteroatoms. The molecule has 2 aliphatic rings. The summed E-state index contributed by atoms with van der Waals surface area (Å²) >= 11 is 1.32. The molecule has 2 fully saturated rings. The second-order valence-electron chi connectivity index (χ2n) is 8.31. The van der Waals surface area contributed by atoms with Crippen molar-refractivity contribution in [1.29, 1.82) is 0 Å². The van der Waals surface area contributed by atoms with E-state index >= 15 is 0 Å². The maximum atomic E-state index is 13.2. The Hall–Kier alpha value is -2.67. The molecule has 1 aromatic carbocycles. The summed E-state index contributed by atoms with van der Waals surface area (Å²) in [6, 6.07) is 7.83. The van der Waals surface area contributed by atoms with Crippen LogP contribution in [-0.2, 0) is 14.3 Å². The van der Waals surface area contributed by atoms with Gasteiger partial charge in [0, 0.05) is 10.4 Å². The highest BCUT2D eigenvalue weighted by Crippen LogP contribution is 2.53. The van der Waals surface area contributed by atoms with Crippen LogP contribution in [0.15, 0.2) is 24.3 Å². The van der Waals surface area contributed by atoms with Crippen molar-refractivity contribution in [2.75, 3.05) is 12.4 Å². The maximum Gasteiger partial charge on any atom is 0.341 e. The number of fused-ring (bicyclic) bond motifs is 2. The molecular formula is C23H25NO5S. The zero-order valence-electron chi connectivity index (χ0n) is 17.2. The molecule has 1 aromatic heterocycles. The number of methoxy groups -OCH3 is 1. The van der Waals surface area contributed by atoms with Crippen LogP contribution in [0.5, 0.6) is 0 Å². The lowest BCUT2D eigenvalue weighted by Gasteiger charge is -2.26. The summed E-state index contributed by atoms with van der Waals surface area (Å²) in [5, 5.41) is 13.0. The molecule has 6 nitrogen and oxygen atoms in total. The molecule has 0 spiro atoms. The first-order valence-electron chi connectivity index (χ1n) is 10.1. The summed E-state index contributed by atoms with van der Waals surface area (Å²) in [6.07, 6.45) is 2.54. The van der Waals surface area contributed by atoms with E-state index in [9.17, 15) is 19.5 Å². The number of esters is 1. The molecule has 0 saturated heterocycles. The van der Waals surface area contributed by atoms with Crippen molar-refractivity contribution in [3.05, 3.63) is 40.3 Å². The van der Waals surface area contributed by atoms with Gasteiger partial charge in [-0.3, -0.25) is 9.59 Å². The lowest BCUT2D eigenvalue weighted by molar-refractivity contribution is -0.148. The Morgan fingerprint density at radius 1 is 1.07 bits per heavy atom. The van der Waals surface area contributed by atoms with Gasteiger partial charge in [-0.05, 0) is 50.5 Å². The third-order valence-corrected chi connectivity index (χ3v) is 7.58. The zero-order chi connectivity index (χ0) is 21.6. The largest absolute Gasteiger partial charge is 0.481 e. The average molecular weight is 428 g/mol. The van der Waals surface area contributed by atoms with E-state index < -0.39 is 23.8 Å². The summed E-state index contributed by atoms with van der Waals surface area (Å²) in [5.74, 6) is -2.78. The number of rotatable bonds is 5. The number of benzene rings is 1. The van der Waals surface area contributed by atoms with Gasteiger partial charge >= 0.3 is 11.9 Å². The summed E-state index contributed by atoms with van der Waals surface area (Å²) in [6.45, 7) is 3.89.